The fraction of sp³-hybridized carbons (Fsp3) is 0.333. The summed E-state index contributed by atoms with van der Waals surface area (Å²) in [7, 11) is 1.83. The fourth-order valence-electron chi connectivity index (χ4n) is 4.91. The van der Waals surface area contributed by atoms with Gasteiger partial charge < -0.3 is 14.4 Å². The Hall–Kier alpha value is -3.60. The van der Waals surface area contributed by atoms with Gasteiger partial charge in [0.05, 0.1) is 5.41 Å². The highest BCUT2D eigenvalue weighted by Gasteiger charge is 2.50. The number of ether oxygens (including phenoxy) is 2. The lowest BCUT2D eigenvalue weighted by molar-refractivity contribution is -0.130. The lowest BCUT2D eigenvalue weighted by atomic mass is 9.87. The molecule has 0 aromatic heterocycles. The molecule has 0 unspecified atom stereocenters. The first-order valence-corrected chi connectivity index (χ1v) is 12.3. The van der Waals surface area contributed by atoms with E-state index in [4.69, 9.17) is 9.47 Å². The second-order valence-electron chi connectivity index (χ2n) is 9.70. The molecule has 5 nitrogen and oxygen atoms in total. The molecule has 0 bridgehead atoms. The minimum Gasteiger partial charge on any atom is -0.454 e. The number of fused-ring (bicyclic) bond motifs is 1. The molecule has 35 heavy (non-hydrogen) atoms. The van der Waals surface area contributed by atoms with E-state index < -0.39 is 5.41 Å². The number of nitrogens with zero attached hydrogens (tertiary/aromatic N) is 1. The number of amides is 1. The normalized spacial score (nSPS) is 15.1. The molecule has 0 radical (unpaired) electrons. The summed E-state index contributed by atoms with van der Waals surface area (Å²) >= 11 is 0. The Kier molecular flexibility index (Phi) is 6.10. The summed E-state index contributed by atoms with van der Waals surface area (Å²) in [5.74, 6) is 1.87. The Morgan fingerprint density at radius 2 is 1.63 bits per heavy atom. The number of hydrogen-bond donors (Lipinski definition) is 0. The Morgan fingerprint density at radius 1 is 0.914 bits per heavy atom. The number of ketones is 1. The summed E-state index contributed by atoms with van der Waals surface area (Å²) in [6, 6.07) is 20.5. The summed E-state index contributed by atoms with van der Waals surface area (Å²) in [6.45, 7) is 4.81. The summed E-state index contributed by atoms with van der Waals surface area (Å²) in [6.07, 6.45) is 2.67. The van der Waals surface area contributed by atoms with Gasteiger partial charge in [-0.25, -0.2) is 0 Å². The Morgan fingerprint density at radius 3 is 2.34 bits per heavy atom. The SMILES string of the molecule is CCC(=O)N(C)Cc1ccc(-c2cc(CC(=O)C3(c4ccc5c(c4)OCO5)CC3)ccc2C)cc1. The van der Waals surface area contributed by atoms with Crippen molar-refractivity contribution in [3.05, 3.63) is 82.9 Å². The van der Waals surface area contributed by atoms with Gasteiger partial charge in [0.2, 0.25) is 12.7 Å². The third-order valence-electron chi connectivity index (χ3n) is 7.29. The monoisotopic (exact) mass is 469 g/mol. The van der Waals surface area contributed by atoms with Gasteiger partial charge in [0.1, 0.15) is 5.78 Å². The van der Waals surface area contributed by atoms with E-state index in [2.05, 4.69) is 49.4 Å². The van der Waals surface area contributed by atoms with Crippen LogP contribution in [-0.4, -0.2) is 30.4 Å². The molecule has 3 aromatic rings. The van der Waals surface area contributed by atoms with Crippen LogP contribution in [0.15, 0.2) is 60.7 Å². The number of carbonyl (C=O) groups excluding carboxylic acids is 2. The summed E-state index contributed by atoms with van der Waals surface area (Å²) in [5, 5.41) is 0. The van der Waals surface area contributed by atoms with Crippen LogP contribution >= 0.6 is 0 Å². The van der Waals surface area contributed by atoms with Gasteiger partial charge in [0.25, 0.3) is 0 Å². The van der Waals surface area contributed by atoms with Crippen molar-refractivity contribution in [3.63, 3.8) is 0 Å². The second kappa shape index (κ2) is 9.21. The summed E-state index contributed by atoms with van der Waals surface area (Å²) < 4.78 is 11.0. The third-order valence-corrected chi connectivity index (χ3v) is 7.29. The molecule has 5 heteroatoms. The number of carbonyl (C=O) groups is 2. The zero-order valence-electron chi connectivity index (χ0n) is 20.6. The molecule has 1 amide bonds. The van der Waals surface area contributed by atoms with Gasteiger partial charge in [-0.1, -0.05) is 55.5 Å². The quantitative estimate of drug-likeness (QED) is 0.431. The lowest BCUT2D eigenvalue weighted by Gasteiger charge is -2.17. The summed E-state index contributed by atoms with van der Waals surface area (Å²) in [4.78, 5) is 27.1. The van der Waals surface area contributed by atoms with Crippen molar-refractivity contribution in [1.82, 2.24) is 4.90 Å². The van der Waals surface area contributed by atoms with Gasteiger partial charge >= 0.3 is 0 Å². The van der Waals surface area contributed by atoms with Crippen LogP contribution in [0.1, 0.15) is 48.4 Å². The minimum absolute atomic E-state index is 0.136. The molecule has 0 spiro atoms. The van der Waals surface area contributed by atoms with Gasteiger partial charge in [-0.15, -0.1) is 0 Å². The van der Waals surface area contributed by atoms with E-state index in [1.807, 2.05) is 32.2 Å². The molecule has 1 aliphatic carbocycles. The predicted molar refractivity (Wildman–Crippen MR) is 136 cm³/mol. The topological polar surface area (TPSA) is 55.8 Å². The molecule has 0 atom stereocenters. The first kappa shape index (κ1) is 23.2. The highest BCUT2D eigenvalue weighted by atomic mass is 16.7. The van der Waals surface area contributed by atoms with Gasteiger partial charge in [-0.05, 0) is 65.3 Å². The van der Waals surface area contributed by atoms with Crippen LogP contribution in [-0.2, 0) is 28.0 Å². The molecule has 1 heterocycles. The molecule has 5 rings (SSSR count). The third kappa shape index (κ3) is 4.55. The number of rotatable bonds is 8. The Labute approximate surface area is 206 Å². The van der Waals surface area contributed by atoms with Crippen molar-refractivity contribution < 1.29 is 19.1 Å². The molecule has 0 saturated heterocycles. The minimum atomic E-state index is -0.407. The first-order chi connectivity index (χ1) is 16.9. The van der Waals surface area contributed by atoms with Crippen molar-refractivity contribution >= 4 is 11.7 Å². The Bertz CT molecular complexity index is 1270. The molecule has 3 aromatic carbocycles. The fourth-order valence-corrected chi connectivity index (χ4v) is 4.91. The van der Waals surface area contributed by atoms with Gasteiger partial charge in [0, 0.05) is 26.4 Å². The number of hydrogen-bond acceptors (Lipinski definition) is 4. The average molecular weight is 470 g/mol. The van der Waals surface area contributed by atoms with E-state index in [-0.39, 0.29) is 18.5 Å². The zero-order valence-corrected chi connectivity index (χ0v) is 20.6. The van der Waals surface area contributed by atoms with Crippen molar-refractivity contribution in [1.29, 1.82) is 0 Å². The van der Waals surface area contributed by atoms with Crippen molar-refractivity contribution in [2.45, 2.75) is 51.5 Å². The molecule has 180 valence electrons. The number of Topliss-reactive ketones (excluding diaryl/α,β-unsaturated/α-hetero) is 1. The van der Waals surface area contributed by atoms with Gasteiger partial charge in [-0.2, -0.15) is 0 Å². The van der Waals surface area contributed by atoms with Crippen LogP contribution < -0.4 is 9.47 Å². The van der Waals surface area contributed by atoms with Gasteiger partial charge in [-0.3, -0.25) is 9.59 Å². The van der Waals surface area contributed by atoms with E-state index >= 15 is 0 Å². The van der Waals surface area contributed by atoms with Crippen LogP contribution in [0.4, 0.5) is 0 Å². The van der Waals surface area contributed by atoms with Crippen LogP contribution in [0.3, 0.4) is 0 Å². The number of aryl methyl sites for hydroxylation is 1. The van der Waals surface area contributed by atoms with Crippen LogP contribution in [0.25, 0.3) is 11.1 Å². The smallest absolute Gasteiger partial charge is 0.231 e. The van der Waals surface area contributed by atoms with E-state index in [0.717, 1.165) is 52.2 Å². The maximum atomic E-state index is 13.5. The van der Waals surface area contributed by atoms with Crippen LogP contribution in [0, 0.1) is 6.92 Å². The van der Waals surface area contributed by atoms with E-state index in [0.29, 0.717) is 19.4 Å². The lowest BCUT2D eigenvalue weighted by Crippen LogP contribution is -2.25. The van der Waals surface area contributed by atoms with Crippen LogP contribution in [0.2, 0.25) is 0 Å². The van der Waals surface area contributed by atoms with Gasteiger partial charge in [0.15, 0.2) is 11.5 Å². The van der Waals surface area contributed by atoms with Crippen molar-refractivity contribution in [2.75, 3.05) is 13.8 Å². The standard InChI is InChI=1S/C30H31NO4/c1-4-29(33)31(3)18-21-7-9-23(10-8-21)25-15-22(6-5-20(25)2)16-28(32)30(13-14-30)24-11-12-26-27(17-24)35-19-34-26/h5-12,15,17H,4,13-14,16,18-19H2,1-3H3. The largest absolute Gasteiger partial charge is 0.454 e. The van der Waals surface area contributed by atoms with E-state index in [1.165, 1.54) is 5.56 Å². The molecule has 2 aliphatic rings. The molecular formula is C30H31NO4. The highest BCUT2D eigenvalue weighted by molar-refractivity contribution is 5.95. The maximum Gasteiger partial charge on any atom is 0.231 e. The predicted octanol–water partition coefficient (Wildman–Crippen LogP) is 5.60. The van der Waals surface area contributed by atoms with Crippen LogP contribution in [0.5, 0.6) is 11.5 Å². The average Bonchev–Trinajstić information content (AvgIpc) is 3.56. The second-order valence-corrected chi connectivity index (χ2v) is 9.70. The molecule has 1 saturated carbocycles. The molecule has 1 aliphatic heterocycles. The molecule has 0 N–H and O–H groups in total. The first-order valence-electron chi connectivity index (χ1n) is 12.3. The van der Waals surface area contributed by atoms with Crippen molar-refractivity contribution in [3.8, 4) is 22.6 Å². The molecule has 1 fully saturated rings. The maximum absolute atomic E-state index is 13.5. The molecular weight excluding hydrogens is 438 g/mol. The van der Waals surface area contributed by atoms with E-state index in [9.17, 15) is 9.59 Å². The van der Waals surface area contributed by atoms with E-state index in [1.54, 1.807) is 4.90 Å². The number of benzene rings is 3. The Balaban J connectivity index is 1.32. The van der Waals surface area contributed by atoms with Crippen molar-refractivity contribution in [2.24, 2.45) is 0 Å². The zero-order chi connectivity index (χ0) is 24.6. The summed E-state index contributed by atoms with van der Waals surface area (Å²) in [5.41, 5.74) is 6.16. The highest BCUT2D eigenvalue weighted by Crippen LogP contribution is 2.51.